The van der Waals surface area contributed by atoms with Crippen molar-refractivity contribution >= 4 is 11.6 Å². The molecule has 0 bridgehead atoms. The molecule has 4 heteroatoms. The minimum Gasteiger partial charge on any atom is -0.374 e. The molecular formula is C15H23ClN2O. The van der Waals surface area contributed by atoms with Crippen LogP contribution >= 0.6 is 11.6 Å². The molecule has 19 heavy (non-hydrogen) atoms. The lowest BCUT2D eigenvalue weighted by atomic mass is 10.00. The molecule has 1 saturated heterocycles. The van der Waals surface area contributed by atoms with Gasteiger partial charge in [0.2, 0.25) is 0 Å². The second-order valence-corrected chi connectivity index (χ2v) is 5.46. The van der Waals surface area contributed by atoms with Gasteiger partial charge in [-0.05, 0) is 37.7 Å². The van der Waals surface area contributed by atoms with Gasteiger partial charge in [0, 0.05) is 24.2 Å². The Morgan fingerprint density at radius 2 is 2.16 bits per heavy atom. The quantitative estimate of drug-likeness (QED) is 0.896. The normalized spacial score (nSPS) is 22.4. The van der Waals surface area contributed by atoms with Crippen LogP contribution in [0, 0.1) is 0 Å². The largest absolute Gasteiger partial charge is 0.374 e. The first-order chi connectivity index (χ1) is 9.22. The molecule has 1 N–H and O–H groups in total. The van der Waals surface area contributed by atoms with E-state index in [4.69, 9.17) is 16.3 Å². The van der Waals surface area contributed by atoms with E-state index in [0.717, 1.165) is 37.7 Å². The van der Waals surface area contributed by atoms with Crippen LogP contribution in [-0.4, -0.2) is 50.3 Å². The minimum absolute atomic E-state index is 0.259. The molecule has 2 atom stereocenters. The standard InChI is InChI=1S/C15H23ClN2O/c1-3-18-8-9-19-15(11-18)14(17-2)10-12-4-6-13(16)7-5-12/h4-7,14-15,17H,3,8-11H2,1-2H3. The first-order valence-electron chi connectivity index (χ1n) is 6.98. The molecule has 0 spiro atoms. The van der Waals surface area contributed by atoms with Gasteiger partial charge in [0.1, 0.15) is 0 Å². The molecule has 1 aromatic carbocycles. The number of hydrogen-bond donors (Lipinski definition) is 1. The first kappa shape index (κ1) is 14.8. The summed E-state index contributed by atoms with van der Waals surface area (Å²) in [5, 5.41) is 4.18. The number of morpholine rings is 1. The van der Waals surface area contributed by atoms with Crippen LogP contribution in [0.3, 0.4) is 0 Å². The second kappa shape index (κ2) is 7.25. The van der Waals surface area contributed by atoms with E-state index in [1.807, 2.05) is 19.2 Å². The summed E-state index contributed by atoms with van der Waals surface area (Å²) in [5.41, 5.74) is 1.29. The van der Waals surface area contributed by atoms with Crippen LogP contribution in [0.5, 0.6) is 0 Å². The summed E-state index contributed by atoms with van der Waals surface area (Å²) < 4.78 is 5.93. The maximum absolute atomic E-state index is 5.93. The van der Waals surface area contributed by atoms with Gasteiger partial charge in [0.15, 0.2) is 0 Å². The Hall–Kier alpha value is -0.610. The molecule has 2 unspecified atom stereocenters. The van der Waals surface area contributed by atoms with Crippen molar-refractivity contribution in [3.05, 3.63) is 34.9 Å². The van der Waals surface area contributed by atoms with Gasteiger partial charge in [-0.15, -0.1) is 0 Å². The molecule has 1 fully saturated rings. The lowest BCUT2D eigenvalue weighted by Crippen LogP contribution is -2.52. The van der Waals surface area contributed by atoms with Crippen LogP contribution in [0.4, 0.5) is 0 Å². The van der Waals surface area contributed by atoms with E-state index in [9.17, 15) is 0 Å². The highest BCUT2D eigenvalue weighted by Crippen LogP contribution is 2.15. The summed E-state index contributed by atoms with van der Waals surface area (Å²) in [5.74, 6) is 0. The molecule has 1 aliphatic rings. The molecule has 3 nitrogen and oxygen atoms in total. The third-order valence-corrected chi connectivity index (χ3v) is 4.07. The fourth-order valence-corrected chi connectivity index (χ4v) is 2.68. The zero-order valence-corrected chi connectivity index (χ0v) is 12.5. The lowest BCUT2D eigenvalue weighted by Gasteiger charge is -2.36. The predicted octanol–water partition coefficient (Wildman–Crippen LogP) is 2.19. The smallest absolute Gasteiger partial charge is 0.0858 e. The van der Waals surface area contributed by atoms with Crippen molar-refractivity contribution in [2.75, 3.05) is 33.3 Å². The van der Waals surface area contributed by atoms with Crippen molar-refractivity contribution in [1.82, 2.24) is 10.2 Å². The summed E-state index contributed by atoms with van der Waals surface area (Å²) in [6.45, 7) is 6.18. The third-order valence-electron chi connectivity index (χ3n) is 3.81. The van der Waals surface area contributed by atoms with Gasteiger partial charge in [0.05, 0.1) is 12.7 Å². The Morgan fingerprint density at radius 3 is 2.79 bits per heavy atom. The number of nitrogens with one attached hydrogen (secondary N) is 1. The summed E-state index contributed by atoms with van der Waals surface area (Å²) >= 11 is 5.92. The number of ether oxygens (including phenoxy) is 1. The highest BCUT2D eigenvalue weighted by molar-refractivity contribution is 6.30. The van der Waals surface area contributed by atoms with E-state index in [-0.39, 0.29) is 6.10 Å². The molecule has 0 aromatic heterocycles. The molecule has 106 valence electrons. The molecule has 0 radical (unpaired) electrons. The monoisotopic (exact) mass is 282 g/mol. The molecule has 0 saturated carbocycles. The summed E-state index contributed by atoms with van der Waals surface area (Å²) in [6, 6.07) is 8.42. The highest BCUT2D eigenvalue weighted by Gasteiger charge is 2.26. The maximum atomic E-state index is 5.93. The topological polar surface area (TPSA) is 24.5 Å². The van der Waals surface area contributed by atoms with Crippen molar-refractivity contribution in [3.63, 3.8) is 0 Å². The SMILES string of the molecule is CCN1CCOC(C(Cc2ccc(Cl)cc2)NC)C1. The molecular weight excluding hydrogens is 260 g/mol. The average molecular weight is 283 g/mol. The van der Waals surface area contributed by atoms with Gasteiger partial charge in [-0.1, -0.05) is 30.7 Å². The lowest BCUT2D eigenvalue weighted by molar-refractivity contribution is -0.0436. The van der Waals surface area contributed by atoms with Crippen LogP contribution in [0.2, 0.25) is 5.02 Å². The van der Waals surface area contributed by atoms with Crippen LogP contribution in [-0.2, 0) is 11.2 Å². The van der Waals surface area contributed by atoms with Gasteiger partial charge in [-0.2, -0.15) is 0 Å². The van der Waals surface area contributed by atoms with Crippen molar-refractivity contribution in [2.24, 2.45) is 0 Å². The van der Waals surface area contributed by atoms with E-state index in [1.54, 1.807) is 0 Å². The van der Waals surface area contributed by atoms with E-state index >= 15 is 0 Å². The van der Waals surface area contributed by atoms with E-state index < -0.39 is 0 Å². The summed E-state index contributed by atoms with van der Waals surface area (Å²) in [7, 11) is 2.01. The number of halogens is 1. The van der Waals surface area contributed by atoms with Crippen molar-refractivity contribution in [2.45, 2.75) is 25.5 Å². The maximum Gasteiger partial charge on any atom is 0.0858 e. The highest BCUT2D eigenvalue weighted by atomic mass is 35.5. The Morgan fingerprint density at radius 1 is 1.42 bits per heavy atom. The molecule has 1 aliphatic heterocycles. The zero-order valence-electron chi connectivity index (χ0n) is 11.7. The summed E-state index contributed by atoms with van der Waals surface area (Å²) in [6.07, 6.45) is 1.23. The Labute approximate surface area is 120 Å². The van der Waals surface area contributed by atoms with Gasteiger partial charge in [0.25, 0.3) is 0 Å². The van der Waals surface area contributed by atoms with E-state index in [0.29, 0.717) is 6.04 Å². The Balaban J connectivity index is 1.97. The second-order valence-electron chi connectivity index (χ2n) is 5.03. The van der Waals surface area contributed by atoms with Crippen molar-refractivity contribution < 1.29 is 4.74 Å². The zero-order chi connectivity index (χ0) is 13.7. The molecule has 1 heterocycles. The van der Waals surface area contributed by atoms with Crippen molar-refractivity contribution in [1.29, 1.82) is 0 Å². The number of benzene rings is 1. The number of likely N-dealkylation sites (N-methyl/N-ethyl adjacent to an activating group) is 2. The van der Waals surface area contributed by atoms with Gasteiger partial charge < -0.3 is 10.1 Å². The Bertz CT molecular complexity index is 382. The summed E-state index contributed by atoms with van der Waals surface area (Å²) in [4.78, 5) is 2.44. The Kier molecular flexibility index (Phi) is 5.64. The molecule has 1 aromatic rings. The molecule has 2 rings (SSSR count). The fourth-order valence-electron chi connectivity index (χ4n) is 2.56. The van der Waals surface area contributed by atoms with Crippen molar-refractivity contribution in [3.8, 4) is 0 Å². The average Bonchev–Trinajstić information content (AvgIpc) is 2.46. The van der Waals surface area contributed by atoms with Crippen LogP contribution in [0.15, 0.2) is 24.3 Å². The number of nitrogens with zero attached hydrogens (tertiary/aromatic N) is 1. The molecule has 0 amide bonds. The minimum atomic E-state index is 0.259. The van der Waals surface area contributed by atoms with Crippen LogP contribution in [0.25, 0.3) is 0 Å². The van der Waals surface area contributed by atoms with Gasteiger partial charge >= 0.3 is 0 Å². The number of rotatable bonds is 5. The number of hydrogen-bond acceptors (Lipinski definition) is 3. The third kappa shape index (κ3) is 4.18. The first-order valence-corrected chi connectivity index (χ1v) is 7.36. The van der Waals surface area contributed by atoms with E-state index in [1.165, 1.54) is 5.56 Å². The van der Waals surface area contributed by atoms with Gasteiger partial charge in [-0.25, -0.2) is 0 Å². The molecule has 0 aliphatic carbocycles. The van der Waals surface area contributed by atoms with Crippen LogP contribution in [0.1, 0.15) is 12.5 Å². The van der Waals surface area contributed by atoms with Gasteiger partial charge in [-0.3, -0.25) is 4.90 Å². The predicted molar refractivity (Wildman–Crippen MR) is 79.9 cm³/mol. The van der Waals surface area contributed by atoms with E-state index in [2.05, 4.69) is 29.3 Å². The fraction of sp³-hybridized carbons (Fsp3) is 0.600. The van der Waals surface area contributed by atoms with Crippen LogP contribution < -0.4 is 5.32 Å².